The molecule has 1 heterocycles. The monoisotopic (exact) mass is 286 g/mol. The molecule has 1 rings (SSSR count). The summed E-state index contributed by atoms with van der Waals surface area (Å²) in [6, 6.07) is 0. The number of aromatic nitrogens is 1. The van der Waals surface area contributed by atoms with Gasteiger partial charge in [0.1, 0.15) is 10.7 Å². The molecule has 1 aromatic rings. The van der Waals surface area contributed by atoms with Crippen molar-refractivity contribution in [3.8, 4) is 0 Å². The zero-order valence-electron chi connectivity index (χ0n) is 11.7. The van der Waals surface area contributed by atoms with Gasteiger partial charge >= 0.3 is 0 Å². The molecule has 0 spiro atoms. The molecule has 4 N–H and O–H groups in total. The predicted octanol–water partition coefficient (Wildman–Crippen LogP) is 1.56. The van der Waals surface area contributed by atoms with Crippen molar-refractivity contribution in [1.82, 2.24) is 10.3 Å². The fourth-order valence-corrected chi connectivity index (χ4v) is 2.23. The number of nitrogens with two attached hydrogens (primary N) is 1. The lowest BCUT2D eigenvalue weighted by Gasteiger charge is -2.07. The van der Waals surface area contributed by atoms with Gasteiger partial charge in [0.05, 0.1) is 6.61 Å². The fraction of sp³-hybridized carbons (Fsp3) is 0.667. The van der Waals surface area contributed by atoms with Gasteiger partial charge < -0.3 is 21.1 Å². The van der Waals surface area contributed by atoms with Crippen molar-refractivity contribution in [3.05, 3.63) is 4.88 Å². The average Bonchev–Trinajstić information content (AvgIpc) is 2.70. The number of anilines is 2. The van der Waals surface area contributed by atoms with Gasteiger partial charge in [-0.1, -0.05) is 25.2 Å². The highest BCUT2D eigenvalue weighted by molar-refractivity contribution is 7.18. The number of nitrogens with one attached hydrogen (secondary N) is 2. The summed E-state index contributed by atoms with van der Waals surface area (Å²) in [5.41, 5.74) is 5.71. The quantitative estimate of drug-likeness (QED) is 0.631. The van der Waals surface area contributed by atoms with E-state index in [0.29, 0.717) is 35.7 Å². The van der Waals surface area contributed by atoms with Gasteiger partial charge in [-0.2, -0.15) is 0 Å². The van der Waals surface area contributed by atoms with Crippen molar-refractivity contribution in [3.63, 3.8) is 0 Å². The molecule has 1 amide bonds. The molecule has 1 aromatic heterocycles. The maximum absolute atomic E-state index is 11.9. The summed E-state index contributed by atoms with van der Waals surface area (Å²) in [6.07, 6.45) is 0. The number of hydrogen-bond acceptors (Lipinski definition) is 6. The van der Waals surface area contributed by atoms with Crippen LogP contribution in [0.2, 0.25) is 0 Å². The second-order valence-corrected chi connectivity index (χ2v) is 5.49. The number of amides is 1. The molecule has 19 heavy (non-hydrogen) atoms. The molecule has 0 saturated heterocycles. The number of carbonyl (C=O) groups is 1. The highest BCUT2D eigenvalue weighted by atomic mass is 32.1. The Balaban J connectivity index is 2.36. The van der Waals surface area contributed by atoms with Crippen LogP contribution >= 0.6 is 11.3 Å². The lowest BCUT2D eigenvalue weighted by molar-refractivity contribution is 0.0890. The van der Waals surface area contributed by atoms with Gasteiger partial charge in [0.2, 0.25) is 0 Å². The molecule has 0 aliphatic heterocycles. The highest BCUT2D eigenvalue weighted by Crippen LogP contribution is 2.24. The Kier molecular flexibility index (Phi) is 6.58. The van der Waals surface area contributed by atoms with Crippen molar-refractivity contribution < 1.29 is 9.53 Å². The van der Waals surface area contributed by atoms with E-state index in [9.17, 15) is 4.79 Å². The molecule has 6 nitrogen and oxygen atoms in total. The maximum atomic E-state index is 11.9. The van der Waals surface area contributed by atoms with Gasteiger partial charge in [-0.25, -0.2) is 4.98 Å². The first kappa shape index (κ1) is 15.7. The van der Waals surface area contributed by atoms with E-state index in [1.165, 1.54) is 11.3 Å². The number of nitrogens with zero attached hydrogens (tertiary/aromatic N) is 1. The van der Waals surface area contributed by atoms with Crippen LogP contribution in [0.25, 0.3) is 0 Å². The Bertz CT molecular complexity index is 406. The molecule has 0 radical (unpaired) electrons. The van der Waals surface area contributed by atoms with E-state index < -0.39 is 0 Å². The van der Waals surface area contributed by atoms with E-state index in [1.54, 1.807) is 0 Å². The van der Waals surface area contributed by atoms with Crippen molar-refractivity contribution in [2.75, 3.05) is 37.4 Å². The summed E-state index contributed by atoms with van der Waals surface area (Å²) in [5, 5.41) is 6.47. The van der Waals surface area contributed by atoms with Gasteiger partial charge in [0.25, 0.3) is 5.91 Å². The first-order chi connectivity index (χ1) is 9.04. The first-order valence-corrected chi connectivity index (χ1v) is 7.22. The molecule has 0 saturated carbocycles. The number of nitrogen functional groups attached to an aromatic ring is 1. The molecule has 0 aliphatic carbocycles. The minimum Gasteiger partial charge on any atom is -0.382 e. The summed E-state index contributed by atoms with van der Waals surface area (Å²) < 4.78 is 5.38. The van der Waals surface area contributed by atoms with E-state index in [-0.39, 0.29) is 11.7 Å². The van der Waals surface area contributed by atoms with Crippen molar-refractivity contribution >= 4 is 28.2 Å². The Morgan fingerprint density at radius 2 is 2.26 bits per heavy atom. The SMILES string of the molecule is CCNc1nc(N)c(C(=O)NCCOCC(C)C)s1. The Morgan fingerprint density at radius 3 is 2.89 bits per heavy atom. The number of carbonyl (C=O) groups excluding carboxylic acids is 1. The standard InChI is InChI=1S/C12H22N4O2S/c1-4-14-12-16-10(13)9(19-12)11(17)15-5-6-18-7-8(2)3/h8H,4-7,13H2,1-3H3,(H,14,16)(H,15,17). The molecular formula is C12H22N4O2S. The van der Waals surface area contributed by atoms with Crippen LogP contribution in [0.15, 0.2) is 0 Å². The van der Waals surface area contributed by atoms with E-state index in [0.717, 1.165) is 6.54 Å². The summed E-state index contributed by atoms with van der Waals surface area (Å²) >= 11 is 1.26. The van der Waals surface area contributed by atoms with Gasteiger partial charge in [-0.05, 0) is 12.8 Å². The molecule has 0 aliphatic rings. The molecule has 0 fully saturated rings. The molecular weight excluding hydrogens is 264 g/mol. The lowest BCUT2D eigenvalue weighted by atomic mass is 10.2. The van der Waals surface area contributed by atoms with Crippen LogP contribution in [0, 0.1) is 5.92 Å². The highest BCUT2D eigenvalue weighted by Gasteiger charge is 2.15. The Hall–Kier alpha value is -1.34. The molecule has 0 atom stereocenters. The minimum atomic E-state index is -0.202. The van der Waals surface area contributed by atoms with Gasteiger partial charge in [0.15, 0.2) is 5.13 Å². The average molecular weight is 286 g/mol. The summed E-state index contributed by atoms with van der Waals surface area (Å²) in [4.78, 5) is 16.4. The molecule has 7 heteroatoms. The van der Waals surface area contributed by atoms with Crippen LogP contribution in [-0.2, 0) is 4.74 Å². The second kappa shape index (κ2) is 7.96. The minimum absolute atomic E-state index is 0.202. The number of rotatable bonds is 8. The van der Waals surface area contributed by atoms with Crippen LogP contribution in [0.4, 0.5) is 10.9 Å². The molecule has 0 bridgehead atoms. The first-order valence-electron chi connectivity index (χ1n) is 6.40. The van der Waals surface area contributed by atoms with Crippen molar-refractivity contribution in [2.24, 2.45) is 5.92 Å². The number of ether oxygens (including phenoxy) is 1. The fourth-order valence-electron chi connectivity index (χ4n) is 1.36. The van der Waals surface area contributed by atoms with E-state index >= 15 is 0 Å². The third kappa shape index (κ3) is 5.44. The number of thiazole rings is 1. The van der Waals surface area contributed by atoms with Crippen molar-refractivity contribution in [2.45, 2.75) is 20.8 Å². The van der Waals surface area contributed by atoms with Gasteiger partial charge in [-0.3, -0.25) is 4.79 Å². The summed E-state index contributed by atoms with van der Waals surface area (Å²) in [7, 11) is 0. The van der Waals surface area contributed by atoms with Crippen LogP contribution in [0.1, 0.15) is 30.4 Å². The van der Waals surface area contributed by atoms with Gasteiger partial charge in [0, 0.05) is 19.7 Å². The Morgan fingerprint density at radius 1 is 1.53 bits per heavy atom. The third-order valence-corrected chi connectivity index (χ3v) is 3.20. The Labute approximate surface area is 117 Å². The van der Waals surface area contributed by atoms with Crippen LogP contribution in [0.5, 0.6) is 0 Å². The normalized spacial score (nSPS) is 10.7. The van der Waals surface area contributed by atoms with E-state index in [4.69, 9.17) is 10.5 Å². The topological polar surface area (TPSA) is 89.3 Å². The second-order valence-electron chi connectivity index (χ2n) is 4.49. The van der Waals surface area contributed by atoms with Gasteiger partial charge in [-0.15, -0.1) is 0 Å². The summed E-state index contributed by atoms with van der Waals surface area (Å²) in [5.74, 6) is 0.560. The van der Waals surface area contributed by atoms with E-state index in [1.807, 2.05) is 6.92 Å². The van der Waals surface area contributed by atoms with Crippen LogP contribution in [0.3, 0.4) is 0 Å². The van der Waals surface area contributed by atoms with Crippen molar-refractivity contribution in [1.29, 1.82) is 0 Å². The zero-order valence-corrected chi connectivity index (χ0v) is 12.5. The zero-order chi connectivity index (χ0) is 14.3. The van der Waals surface area contributed by atoms with Crippen LogP contribution < -0.4 is 16.4 Å². The smallest absolute Gasteiger partial charge is 0.265 e. The van der Waals surface area contributed by atoms with E-state index in [2.05, 4.69) is 29.5 Å². The molecule has 0 aromatic carbocycles. The molecule has 0 unspecified atom stereocenters. The largest absolute Gasteiger partial charge is 0.382 e. The summed E-state index contributed by atoms with van der Waals surface area (Å²) in [6.45, 7) is 8.55. The number of hydrogen-bond donors (Lipinski definition) is 3. The van der Waals surface area contributed by atoms with Crippen LogP contribution in [-0.4, -0.2) is 37.2 Å². The third-order valence-electron chi connectivity index (χ3n) is 2.17. The predicted molar refractivity (Wildman–Crippen MR) is 78.7 cm³/mol. The maximum Gasteiger partial charge on any atom is 0.265 e. The lowest BCUT2D eigenvalue weighted by Crippen LogP contribution is -2.27. The molecule has 108 valence electrons.